The SMILES string of the molecule is Cc1cnc(-c2cnc3[nH]cc(C(=O)c4c(F)ccc(NS(=O)(=O)c5ccccc5)c4F)c3c2)[nH]1. The number of aryl methyl sites for hydroxylation is 1. The Balaban J connectivity index is 1.56. The molecule has 0 spiro atoms. The number of hydrogen-bond donors (Lipinski definition) is 3. The van der Waals surface area contributed by atoms with E-state index in [1.54, 1.807) is 24.5 Å². The summed E-state index contributed by atoms with van der Waals surface area (Å²) in [6.45, 7) is 1.83. The second-order valence-corrected chi connectivity index (χ2v) is 9.45. The van der Waals surface area contributed by atoms with E-state index in [1.807, 2.05) is 6.92 Å². The lowest BCUT2D eigenvalue weighted by molar-refractivity contribution is 0.103. The van der Waals surface area contributed by atoms with Gasteiger partial charge in [0.05, 0.1) is 16.1 Å². The predicted molar refractivity (Wildman–Crippen MR) is 125 cm³/mol. The monoisotopic (exact) mass is 493 g/mol. The Morgan fingerprint density at radius 2 is 1.80 bits per heavy atom. The highest BCUT2D eigenvalue weighted by Crippen LogP contribution is 2.29. The number of H-pyrrole nitrogens is 2. The molecule has 0 bridgehead atoms. The van der Waals surface area contributed by atoms with Gasteiger partial charge in [0.2, 0.25) is 5.78 Å². The van der Waals surface area contributed by atoms with Crippen molar-refractivity contribution in [2.75, 3.05) is 4.72 Å². The molecular formula is C24H17F2N5O3S. The number of sulfonamides is 1. The lowest BCUT2D eigenvalue weighted by Gasteiger charge is -2.12. The number of nitrogens with zero attached hydrogens (tertiary/aromatic N) is 2. The molecule has 3 aromatic heterocycles. The van der Waals surface area contributed by atoms with Crippen LogP contribution < -0.4 is 4.72 Å². The number of fused-ring (bicyclic) bond motifs is 1. The van der Waals surface area contributed by atoms with Gasteiger partial charge in [-0.1, -0.05) is 18.2 Å². The van der Waals surface area contributed by atoms with Crippen LogP contribution in [0.3, 0.4) is 0 Å². The lowest BCUT2D eigenvalue weighted by atomic mass is 10.0. The van der Waals surface area contributed by atoms with Gasteiger partial charge in [-0.2, -0.15) is 0 Å². The largest absolute Gasteiger partial charge is 0.345 e. The molecule has 0 saturated heterocycles. The molecule has 176 valence electrons. The van der Waals surface area contributed by atoms with Crippen LogP contribution in [0.4, 0.5) is 14.5 Å². The molecule has 0 unspecified atom stereocenters. The van der Waals surface area contributed by atoms with Gasteiger partial charge >= 0.3 is 0 Å². The van der Waals surface area contributed by atoms with E-state index in [9.17, 15) is 17.6 Å². The second-order valence-electron chi connectivity index (χ2n) is 7.77. The number of anilines is 1. The van der Waals surface area contributed by atoms with Crippen molar-refractivity contribution in [1.82, 2.24) is 19.9 Å². The predicted octanol–water partition coefficient (Wildman–Crippen LogP) is 4.57. The highest BCUT2D eigenvalue weighted by atomic mass is 32.2. The molecule has 0 amide bonds. The molecule has 0 radical (unpaired) electrons. The summed E-state index contributed by atoms with van der Waals surface area (Å²) in [7, 11) is -4.16. The first kappa shape index (κ1) is 22.4. The van der Waals surface area contributed by atoms with Gasteiger partial charge in [-0.3, -0.25) is 9.52 Å². The number of aromatic nitrogens is 4. The van der Waals surface area contributed by atoms with E-state index in [0.29, 0.717) is 22.4 Å². The van der Waals surface area contributed by atoms with E-state index in [1.165, 1.54) is 30.5 Å². The van der Waals surface area contributed by atoms with Crippen LogP contribution in [0.2, 0.25) is 0 Å². The molecule has 5 aromatic rings. The van der Waals surface area contributed by atoms with Crippen LogP contribution in [0, 0.1) is 18.6 Å². The Morgan fingerprint density at radius 1 is 1.03 bits per heavy atom. The van der Waals surface area contributed by atoms with Crippen molar-refractivity contribution in [3.8, 4) is 11.4 Å². The number of hydrogen-bond acceptors (Lipinski definition) is 5. The summed E-state index contributed by atoms with van der Waals surface area (Å²) >= 11 is 0. The van der Waals surface area contributed by atoms with Gasteiger partial charge in [0, 0.05) is 40.8 Å². The van der Waals surface area contributed by atoms with Crippen molar-refractivity contribution >= 4 is 32.5 Å². The highest BCUT2D eigenvalue weighted by Gasteiger charge is 2.26. The molecule has 3 heterocycles. The maximum atomic E-state index is 15.3. The van der Waals surface area contributed by atoms with Crippen molar-refractivity contribution < 1.29 is 22.0 Å². The molecule has 5 rings (SSSR count). The van der Waals surface area contributed by atoms with Crippen LogP contribution in [0.25, 0.3) is 22.4 Å². The van der Waals surface area contributed by atoms with E-state index in [2.05, 4.69) is 24.7 Å². The zero-order chi connectivity index (χ0) is 24.7. The number of benzene rings is 2. The molecule has 0 aliphatic rings. The minimum atomic E-state index is -4.16. The summed E-state index contributed by atoms with van der Waals surface area (Å²) in [6.07, 6.45) is 4.48. The summed E-state index contributed by atoms with van der Waals surface area (Å²) in [5.41, 5.74) is 0.260. The average Bonchev–Trinajstić information content (AvgIpc) is 3.47. The quantitative estimate of drug-likeness (QED) is 0.299. The maximum absolute atomic E-state index is 15.3. The summed E-state index contributed by atoms with van der Waals surface area (Å²) in [4.78, 5) is 27.5. The zero-order valence-electron chi connectivity index (χ0n) is 18.1. The smallest absolute Gasteiger partial charge is 0.261 e. The average molecular weight is 493 g/mol. The fourth-order valence-corrected chi connectivity index (χ4v) is 4.74. The molecule has 0 aliphatic heterocycles. The molecule has 3 N–H and O–H groups in total. The van der Waals surface area contributed by atoms with Crippen molar-refractivity contribution in [3.63, 3.8) is 0 Å². The van der Waals surface area contributed by atoms with Crippen molar-refractivity contribution in [1.29, 1.82) is 0 Å². The van der Waals surface area contributed by atoms with Crippen LogP contribution in [0.15, 0.2) is 72.0 Å². The number of imidazole rings is 1. The van der Waals surface area contributed by atoms with Crippen LogP contribution in [0.5, 0.6) is 0 Å². The van der Waals surface area contributed by atoms with Gasteiger partial charge < -0.3 is 9.97 Å². The Hall–Kier alpha value is -4.38. The molecule has 0 aliphatic carbocycles. The summed E-state index contributed by atoms with van der Waals surface area (Å²) in [5.74, 6) is -2.90. The van der Waals surface area contributed by atoms with E-state index in [-0.39, 0.29) is 10.5 Å². The van der Waals surface area contributed by atoms with Gasteiger partial charge in [-0.25, -0.2) is 27.2 Å². The molecule has 8 nitrogen and oxygen atoms in total. The standard InChI is InChI=1S/C24H17F2N5O3S/c1-13-10-27-23(30-13)14-9-16-17(12-29-24(16)28-11-14)22(32)20-18(25)7-8-19(21(20)26)31-35(33,34)15-5-3-2-4-6-15/h2-12,31H,1H3,(H,27,30)(H,28,29). The Labute approximate surface area is 198 Å². The van der Waals surface area contributed by atoms with Gasteiger partial charge in [0.15, 0.2) is 5.82 Å². The van der Waals surface area contributed by atoms with Crippen molar-refractivity contribution in [2.24, 2.45) is 0 Å². The third-order valence-corrected chi connectivity index (χ3v) is 6.75. The molecule has 0 atom stereocenters. The van der Waals surface area contributed by atoms with E-state index in [4.69, 9.17) is 0 Å². The number of pyridine rings is 1. The number of halogens is 2. The fourth-order valence-electron chi connectivity index (χ4n) is 3.66. The minimum Gasteiger partial charge on any atom is -0.345 e. The summed E-state index contributed by atoms with van der Waals surface area (Å²) in [5, 5.41) is 0.329. The second kappa shape index (κ2) is 8.44. The Morgan fingerprint density at radius 3 is 2.51 bits per heavy atom. The summed E-state index contributed by atoms with van der Waals surface area (Å²) in [6, 6.07) is 10.7. The van der Waals surface area contributed by atoms with Crippen LogP contribution in [0.1, 0.15) is 21.6 Å². The molecule has 0 fully saturated rings. The molecule has 11 heteroatoms. The molecular weight excluding hydrogens is 476 g/mol. The first-order valence-electron chi connectivity index (χ1n) is 10.3. The van der Waals surface area contributed by atoms with Crippen LogP contribution in [-0.2, 0) is 10.0 Å². The Bertz CT molecular complexity index is 1700. The number of aromatic amines is 2. The van der Waals surface area contributed by atoms with Crippen molar-refractivity contribution in [3.05, 3.63) is 95.6 Å². The number of nitrogens with one attached hydrogen (secondary N) is 3. The first-order valence-corrected chi connectivity index (χ1v) is 11.8. The van der Waals surface area contributed by atoms with E-state index in [0.717, 1.165) is 17.8 Å². The first-order chi connectivity index (χ1) is 16.7. The number of rotatable bonds is 6. The number of carbonyl (C=O) groups excluding carboxylic acids is 1. The lowest BCUT2D eigenvalue weighted by Crippen LogP contribution is -2.16. The summed E-state index contributed by atoms with van der Waals surface area (Å²) < 4.78 is 57.4. The number of ketones is 1. The van der Waals surface area contributed by atoms with Gasteiger partial charge in [0.1, 0.15) is 17.3 Å². The maximum Gasteiger partial charge on any atom is 0.261 e. The zero-order valence-corrected chi connectivity index (χ0v) is 19.0. The minimum absolute atomic E-state index is 0.0292. The van der Waals surface area contributed by atoms with Crippen LogP contribution in [-0.4, -0.2) is 34.1 Å². The van der Waals surface area contributed by atoms with E-state index < -0.39 is 38.7 Å². The number of carbonyl (C=O) groups is 1. The molecule has 35 heavy (non-hydrogen) atoms. The van der Waals surface area contributed by atoms with Gasteiger partial charge in [-0.15, -0.1) is 0 Å². The third kappa shape index (κ3) is 4.06. The van der Waals surface area contributed by atoms with E-state index >= 15 is 4.39 Å². The van der Waals surface area contributed by atoms with Gasteiger partial charge in [0.25, 0.3) is 10.0 Å². The third-order valence-electron chi connectivity index (χ3n) is 5.37. The molecule has 2 aromatic carbocycles. The Kier molecular flexibility index (Phi) is 5.40. The highest BCUT2D eigenvalue weighted by molar-refractivity contribution is 7.92. The fraction of sp³-hybridized carbons (Fsp3) is 0.0417. The van der Waals surface area contributed by atoms with Crippen molar-refractivity contribution in [2.45, 2.75) is 11.8 Å². The molecule has 0 saturated carbocycles. The topological polar surface area (TPSA) is 121 Å². The van der Waals surface area contributed by atoms with Gasteiger partial charge in [-0.05, 0) is 37.3 Å². The normalized spacial score (nSPS) is 11.6. The van der Waals surface area contributed by atoms with Crippen LogP contribution >= 0.6 is 0 Å².